The number of thiophene rings is 1. The lowest BCUT2D eigenvalue weighted by atomic mass is 9.89. The smallest absolute Gasteiger partial charge is 0.266 e. The number of rotatable bonds is 7. The molecule has 5 rings (SSSR count). The summed E-state index contributed by atoms with van der Waals surface area (Å²) in [6.07, 6.45) is 7.26. The maximum Gasteiger partial charge on any atom is 0.266 e. The molecular formula is C30H31ClFN3O2S. The molecular weight excluding hydrogens is 521 g/mol. The van der Waals surface area contributed by atoms with Gasteiger partial charge in [0.05, 0.1) is 16.8 Å². The van der Waals surface area contributed by atoms with Crippen molar-refractivity contribution in [2.75, 3.05) is 14.2 Å². The van der Waals surface area contributed by atoms with Crippen molar-refractivity contribution < 1.29 is 13.9 Å². The Morgan fingerprint density at radius 3 is 2.53 bits per heavy atom. The van der Waals surface area contributed by atoms with Crippen LogP contribution in [0.4, 0.5) is 4.39 Å². The van der Waals surface area contributed by atoms with Gasteiger partial charge in [0.15, 0.2) is 0 Å². The number of nitrogens with one attached hydrogen (secondary N) is 1. The highest BCUT2D eigenvalue weighted by molar-refractivity contribution is 7.21. The normalized spacial score (nSPS) is 17.5. The van der Waals surface area contributed by atoms with E-state index in [9.17, 15) is 9.18 Å². The summed E-state index contributed by atoms with van der Waals surface area (Å²) in [6, 6.07) is 13.6. The molecule has 1 aliphatic carbocycles. The third-order valence-electron chi connectivity index (χ3n) is 7.51. The van der Waals surface area contributed by atoms with Crippen molar-refractivity contribution in [1.29, 1.82) is 0 Å². The van der Waals surface area contributed by atoms with E-state index in [0.717, 1.165) is 65.0 Å². The molecule has 0 spiro atoms. The van der Waals surface area contributed by atoms with Crippen molar-refractivity contribution in [3.63, 3.8) is 0 Å². The minimum absolute atomic E-state index is 0.0508. The Morgan fingerprint density at radius 1 is 1.13 bits per heavy atom. The fourth-order valence-electron chi connectivity index (χ4n) is 5.38. The third-order valence-corrected chi connectivity index (χ3v) is 9.19. The molecule has 8 heteroatoms. The zero-order valence-corrected chi connectivity index (χ0v) is 23.3. The van der Waals surface area contributed by atoms with Crippen molar-refractivity contribution >= 4 is 38.9 Å². The lowest BCUT2D eigenvalue weighted by molar-refractivity contribution is 0.0606. The molecule has 2 heterocycles. The number of aromatic nitrogens is 1. The first-order chi connectivity index (χ1) is 18.4. The minimum Gasteiger partial charge on any atom is -0.497 e. The number of carbonyl (C=O) groups excluding carboxylic acids is 1. The number of methoxy groups -OCH3 is 1. The lowest BCUT2D eigenvalue weighted by Crippen LogP contribution is -2.44. The van der Waals surface area contributed by atoms with Gasteiger partial charge in [-0.3, -0.25) is 9.78 Å². The van der Waals surface area contributed by atoms with Gasteiger partial charge < -0.3 is 15.0 Å². The Morgan fingerprint density at radius 2 is 1.87 bits per heavy atom. The number of aryl methyl sites for hydroxylation is 1. The second-order valence-electron chi connectivity index (χ2n) is 9.85. The Bertz CT molecular complexity index is 1450. The molecule has 38 heavy (non-hydrogen) atoms. The number of hydrogen-bond acceptors (Lipinski definition) is 5. The Hall–Kier alpha value is -3.00. The fraction of sp³-hybridized carbons (Fsp3) is 0.333. The van der Waals surface area contributed by atoms with Gasteiger partial charge in [-0.05, 0) is 98.3 Å². The number of ether oxygens (including phenoxy) is 1. The molecule has 5 nitrogen and oxygen atoms in total. The highest BCUT2D eigenvalue weighted by atomic mass is 35.5. The number of pyridine rings is 1. The molecule has 2 aromatic heterocycles. The minimum atomic E-state index is -0.354. The highest BCUT2D eigenvalue weighted by Crippen LogP contribution is 2.40. The van der Waals surface area contributed by atoms with Crippen LogP contribution in [0.15, 0.2) is 54.9 Å². The predicted molar refractivity (Wildman–Crippen MR) is 153 cm³/mol. The summed E-state index contributed by atoms with van der Waals surface area (Å²) in [5, 5.41) is 4.33. The zero-order valence-electron chi connectivity index (χ0n) is 21.8. The van der Waals surface area contributed by atoms with Gasteiger partial charge >= 0.3 is 0 Å². The SMILES string of the molecule is CNC1CCC(N(Cc2cc(OC)cc(-c3ccncc3)c2)C(=O)c2sc3c(F)ccc(C)c3c2Cl)CC1. The van der Waals surface area contributed by atoms with Gasteiger partial charge in [-0.25, -0.2) is 4.39 Å². The molecule has 0 bridgehead atoms. The molecule has 0 radical (unpaired) electrons. The van der Waals surface area contributed by atoms with Gasteiger partial charge in [0.1, 0.15) is 16.4 Å². The van der Waals surface area contributed by atoms with Crippen LogP contribution < -0.4 is 10.1 Å². The molecule has 198 valence electrons. The first-order valence-electron chi connectivity index (χ1n) is 12.8. The Labute approximate surface area is 231 Å². The molecule has 0 aliphatic heterocycles. The number of halogens is 2. The molecule has 1 fully saturated rings. The lowest BCUT2D eigenvalue weighted by Gasteiger charge is -2.37. The van der Waals surface area contributed by atoms with E-state index in [1.165, 1.54) is 6.07 Å². The van der Waals surface area contributed by atoms with E-state index in [0.29, 0.717) is 32.6 Å². The molecule has 1 amide bonds. The van der Waals surface area contributed by atoms with Crippen LogP contribution in [-0.2, 0) is 6.54 Å². The molecule has 4 aromatic rings. The number of fused-ring (bicyclic) bond motifs is 1. The van der Waals surface area contributed by atoms with Gasteiger partial charge in [-0.1, -0.05) is 17.7 Å². The largest absolute Gasteiger partial charge is 0.497 e. The quantitative estimate of drug-likeness (QED) is 0.263. The number of carbonyl (C=O) groups is 1. The van der Waals surface area contributed by atoms with Gasteiger partial charge in [-0.15, -0.1) is 11.3 Å². The third kappa shape index (κ3) is 5.28. The van der Waals surface area contributed by atoms with Crippen LogP contribution in [0.3, 0.4) is 0 Å². The van der Waals surface area contributed by atoms with Gasteiger partial charge in [-0.2, -0.15) is 0 Å². The summed E-state index contributed by atoms with van der Waals surface area (Å²) in [7, 11) is 3.63. The second kappa shape index (κ2) is 11.4. The zero-order chi connectivity index (χ0) is 26.8. The summed E-state index contributed by atoms with van der Waals surface area (Å²) in [4.78, 5) is 20.6. The van der Waals surface area contributed by atoms with E-state index >= 15 is 0 Å². The van der Waals surface area contributed by atoms with E-state index in [1.807, 2.05) is 43.1 Å². The molecule has 0 saturated heterocycles. The highest BCUT2D eigenvalue weighted by Gasteiger charge is 2.32. The van der Waals surface area contributed by atoms with Gasteiger partial charge in [0, 0.05) is 36.4 Å². The monoisotopic (exact) mass is 551 g/mol. The topological polar surface area (TPSA) is 54.5 Å². The summed E-state index contributed by atoms with van der Waals surface area (Å²) in [5.74, 6) is 0.210. The fourth-order valence-corrected chi connectivity index (χ4v) is 7.00. The van der Waals surface area contributed by atoms with Crippen LogP contribution in [0.25, 0.3) is 21.2 Å². The molecule has 1 saturated carbocycles. The van der Waals surface area contributed by atoms with Crippen molar-refractivity contribution in [2.45, 2.75) is 51.2 Å². The maximum atomic E-state index is 14.7. The van der Waals surface area contributed by atoms with Crippen LogP contribution in [-0.4, -0.2) is 42.0 Å². The van der Waals surface area contributed by atoms with Gasteiger partial charge in [0.2, 0.25) is 0 Å². The second-order valence-corrected chi connectivity index (χ2v) is 11.2. The van der Waals surface area contributed by atoms with Crippen molar-refractivity contribution in [3.05, 3.63) is 81.7 Å². The molecule has 1 aliphatic rings. The summed E-state index contributed by atoms with van der Waals surface area (Å²) < 4.78 is 20.7. The van der Waals surface area contributed by atoms with Crippen LogP contribution in [0.5, 0.6) is 5.75 Å². The molecule has 0 unspecified atom stereocenters. The molecule has 1 N–H and O–H groups in total. The Kier molecular flexibility index (Phi) is 7.98. The van der Waals surface area contributed by atoms with E-state index < -0.39 is 0 Å². The average molecular weight is 552 g/mol. The first kappa shape index (κ1) is 26.6. The van der Waals surface area contributed by atoms with Crippen LogP contribution >= 0.6 is 22.9 Å². The van der Waals surface area contributed by atoms with E-state index in [1.54, 1.807) is 25.6 Å². The Balaban J connectivity index is 1.55. The number of nitrogens with zero attached hydrogens (tertiary/aromatic N) is 2. The van der Waals surface area contributed by atoms with Crippen LogP contribution in [0.2, 0.25) is 5.02 Å². The van der Waals surface area contributed by atoms with Crippen molar-refractivity contribution in [1.82, 2.24) is 15.2 Å². The van der Waals surface area contributed by atoms with Crippen LogP contribution in [0.1, 0.15) is 46.5 Å². The molecule has 2 aromatic carbocycles. The number of hydrogen-bond donors (Lipinski definition) is 1. The van der Waals surface area contributed by atoms with E-state index in [-0.39, 0.29) is 17.8 Å². The van der Waals surface area contributed by atoms with Crippen LogP contribution in [0, 0.1) is 12.7 Å². The van der Waals surface area contributed by atoms with Crippen molar-refractivity contribution in [2.24, 2.45) is 0 Å². The summed E-state index contributed by atoms with van der Waals surface area (Å²) in [6.45, 7) is 2.29. The van der Waals surface area contributed by atoms with E-state index in [2.05, 4.69) is 16.4 Å². The van der Waals surface area contributed by atoms with E-state index in [4.69, 9.17) is 16.3 Å². The van der Waals surface area contributed by atoms with Crippen molar-refractivity contribution in [3.8, 4) is 16.9 Å². The predicted octanol–water partition coefficient (Wildman–Crippen LogP) is 7.25. The number of amides is 1. The van der Waals surface area contributed by atoms with Gasteiger partial charge in [0.25, 0.3) is 5.91 Å². The number of benzene rings is 2. The summed E-state index contributed by atoms with van der Waals surface area (Å²) >= 11 is 7.92. The molecule has 0 atom stereocenters. The maximum absolute atomic E-state index is 14.7. The first-order valence-corrected chi connectivity index (χ1v) is 14.0. The average Bonchev–Trinajstić information content (AvgIpc) is 3.32. The standard InChI is InChI=1S/C30H31ClFN3O2S/c1-18-4-9-25(32)28-26(18)27(31)29(38-28)30(36)35(23-7-5-22(33-2)6-8-23)17-19-14-21(16-24(15-19)37-3)20-10-12-34-13-11-20/h4,9-16,22-23,33H,5-8,17H2,1-3H3. The summed E-state index contributed by atoms with van der Waals surface area (Å²) in [5.41, 5.74) is 3.83.